The van der Waals surface area contributed by atoms with Crippen LogP contribution in [-0.2, 0) is 4.79 Å². The van der Waals surface area contributed by atoms with Crippen molar-refractivity contribution in [3.8, 4) is 17.2 Å². The Labute approximate surface area is 90.4 Å². The quantitative estimate of drug-likeness (QED) is 0.566. The smallest absolute Gasteiger partial charge is 0.303 e. The molecule has 0 aliphatic heterocycles. The molecule has 0 heterocycles. The maximum atomic E-state index is 11.4. The lowest BCUT2D eigenvalue weighted by molar-refractivity contribution is -0.136. The number of phenols is 3. The van der Waals surface area contributed by atoms with Gasteiger partial charge in [0.1, 0.15) is 22.8 Å². The van der Waals surface area contributed by atoms with Crippen LogP contribution in [0.15, 0.2) is 12.1 Å². The minimum atomic E-state index is -1.15. The lowest BCUT2D eigenvalue weighted by atomic mass is 10.0. The third kappa shape index (κ3) is 2.63. The number of rotatable bonds is 4. The number of hydrogen-bond acceptors (Lipinski definition) is 5. The molecule has 0 radical (unpaired) electrons. The van der Waals surface area contributed by atoms with Crippen molar-refractivity contribution in [3.05, 3.63) is 17.7 Å². The van der Waals surface area contributed by atoms with Gasteiger partial charge in [0.2, 0.25) is 0 Å². The van der Waals surface area contributed by atoms with Crippen LogP contribution in [0.2, 0.25) is 0 Å². The van der Waals surface area contributed by atoms with Crippen molar-refractivity contribution in [2.45, 2.75) is 12.8 Å². The molecule has 1 aromatic carbocycles. The summed E-state index contributed by atoms with van der Waals surface area (Å²) in [6, 6.07) is 1.79. The number of benzene rings is 1. The van der Waals surface area contributed by atoms with E-state index < -0.39 is 29.7 Å². The molecule has 0 spiro atoms. The van der Waals surface area contributed by atoms with Gasteiger partial charge in [-0.15, -0.1) is 0 Å². The second kappa shape index (κ2) is 4.52. The maximum Gasteiger partial charge on any atom is 0.303 e. The Bertz CT molecular complexity index is 414. The van der Waals surface area contributed by atoms with Crippen molar-refractivity contribution >= 4 is 11.8 Å². The zero-order valence-corrected chi connectivity index (χ0v) is 8.17. The Balaban J connectivity index is 2.95. The number of Topliss-reactive ketones (excluding diaryl/α,β-unsaturated/α-hetero) is 1. The van der Waals surface area contributed by atoms with Crippen molar-refractivity contribution in [2.75, 3.05) is 0 Å². The summed E-state index contributed by atoms with van der Waals surface area (Å²) >= 11 is 0. The predicted molar refractivity (Wildman–Crippen MR) is 52.6 cm³/mol. The maximum absolute atomic E-state index is 11.4. The number of aromatic hydroxyl groups is 3. The van der Waals surface area contributed by atoms with Gasteiger partial charge in [-0.05, 0) is 0 Å². The highest BCUT2D eigenvalue weighted by atomic mass is 16.4. The van der Waals surface area contributed by atoms with E-state index in [1.807, 2.05) is 0 Å². The monoisotopic (exact) mass is 226 g/mol. The fourth-order valence-corrected chi connectivity index (χ4v) is 1.23. The Morgan fingerprint density at radius 2 is 1.50 bits per heavy atom. The predicted octanol–water partition coefficient (Wildman–Crippen LogP) is 0.851. The van der Waals surface area contributed by atoms with E-state index in [0.29, 0.717) is 0 Å². The molecule has 0 aromatic heterocycles. The molecule has 6 nitrogen and oxygen atoms in total. The first kappa shape index (κ1) is 11.8. The third-order valence-electron chi connectivity index (χ3n) is 1.93. The van der Waals surface area contributed by atoms with Gasteiger partial charge >= 0.3 is 5.97 Å². The third-order valence-corrected chi connectivity index (χ3v) is 1.93. The molecule has 0 bridgehead atoms. The molecular formula is C10H10O6. The molecule has 0 unspecified atom stereocenters. The normalized spacial score (nSPS) is 10.0. The molecule has 0 aliphatic rings. The molecule has 86 valence electrons. The van der Waals surface area contributed by atoms with E-state index in [2.05, 4.69) is 0 Å². The molecule has 0 fully saturated rings. The van der Waals surface area contributed by atoms with Crippen LogP contribution in [-0.4, -0.2) is 32.2 Å². The molecule has 6 heteroatoms. The SMILES string of the molecule is O=C(O)CCC(=O)c1c(O)cc(O)cc1O. The summed E-state index contributed by atoms with van der Waals surface area (Å²) < 4.78 is 0. The topological polar surface area (TPSA) is 115 Å². The zero-order chi connectivity index (χ0) is 12.3. The summed E-state index contributed by atoms with van der Waals surface area (Å²) in [5.74, 6) is -3.38. The molecule has 0 atom stereocenters. The van der Waals surface area contributed by atoms with Gasteiger partial charge in [-0.2, -0.15) is 0 Å². The van der Waals surface area contributed by atoms with E-state index in [9.17, 15) is 19.8 Å². The first-order valence-corrected chi connectivity index (χ1v) is 4.41. The summed E-state index contributed by atoms with van der Waals surface area (Å²) in [7, 11) is 0. The fourth-order valence-electron chi connectivity index (χ4n) is 1.23. The molecule has 0 aliphatic carbocycles. The van der Waals surface area contributed by atoms with Gasteiger partial charge in [-0.1, -0.05) is 0 Å². The van der Waals surface area contributed by atoms with Crippen LogP contribution in [0.1, 0.15) is 23.2 Å². The van der Waals surface area contributed by atoms with Crippen LogP contribution in [0.3, 0.4) is 0 Å². The molecule has 1 rings (SSSR count). The van der Waals surface area contributed by atoms with E-state index in [-0.39, 0.29) is 17.7 Å². The Morgan fingerprint density at radius 3 is 1.94 bits per heavy atom. The highest BCUT2D eigenvalue weighted by Gasteiger charge is 2.18. The minimum Gasteiger partial charge on any atom is -0.508 e. The lowest BCUT2D eigenvalue weighted by Crippen LogP contribution is -2.04. The van der Waals surface area contributed by atoms with Gasteiger partial charge in [0.15, 0.2) is 5.78 Å². The van der Waals surface area contributed by atoms with E-state index in [0.717, 1.165) is 12.1 Å². The number of carboxylic acids is 1. The van der Waals surface area contributed by atoms with E-state index in [4.69, 9.17) is 10.2 Å². The number of carbonyl (C=O) groups excluding carboxylic acids is 1. The van der Waals surface area contributed by atoms with E-state index in [1.54, 1.807) is 0 Å². The van der Waals surface area contributed by atoms with Crippen LogP contribution < -0.4 is 0 Å². The Morgan fingerprint density at radius 1 is 1.00 bits per heavy atom. The molecule has 0 amide bonds. The summed E-state index contributed by atoms with van der Waals surface area (Å²) in [6.07, 6.45) is -0.722. The van der Waals surface area contributed by atoms with Crippen LogP contribution in [0.25, 0.3) is 0 Å². The van der Waals surface area contributed by atoms with Crippen molar-refractivity contribution in [1.29, 1.82) is 0 Å². The van der Waals surface area contributed by atoms with E-state index >= 15 is 0 Å². The van der Waals surface area contributed by atoms with Crippen molar-refractivity contribution in [2.24, 2.45) is 0 Å². The van der Waals surface area contributed by atoms with Crippen LogP contribution in [0.5, 0.6) is 17.2 Å². The first-order chi connectivity index (χ1) is 7.41. The minimum absolute atomic E-state index is 0.332. The van der Waals surface area contributed by atoms with Gasteiger partial charge in [-0.25, -0.2) is 0 Å². The Hall–Kier alpha value is -2.24. The lowest BCUT2D eigenvalue weighted by Gasteiger charge is -2.06. The summed E-state index contributed by atoms with van der Waals surface area (Å²) in [4.78, 5) is 21.7. The first-order valence-electron chi connectivity index (χ1n) is 4.41. The fraction of sp³-hybridized carbons (Fsp3) is 0.200. The van der Waals surface area contributed by atoms with Gasteiger partial charge in [-0.3, -0.25) is 9.59 Å². The number of carboxylic acid groups (broad SMARTS) is 1. The second-order valence-electron chi connectivity index (χ2n) is 3.18. The highest BCUT2D eigenvalue weighted by molar-refractivity contribution is 6.02. The second-order valence-corrected chi connectivity index (χ2v) is 3.18. The summed E-state index contributed by atoms with van der Waals surface area (Å²) in [5.41, 5.74) is -0.376. The summed E-state index contributed by atoms with van der Waals surface area (Å²) in [6.45, 7) is 0. The standard InChI is InChI=1S/C10H10O6/c11-5-3-7(13)10(8(14)4-5)6(12)1-2-9(15)16/h3-4,11,13-14H,1-2H2,(H,15,16). The van der Waals surface area contributed by atoms with Gasteiger partial charge in [0, 0.05) is 18.6 Å². The largest absolute Gasteiger partial charge is 0.508 e. The van der Waals surface area contributed by atoms with Crippen molar-refractivity contribution < 1.29 is 30.0 Å². The van der Waals surface area contributed by atoms with Gasteiger partial charge in [0.25, 0.3) is 0 Å². The molecule has 1 aromatic rings. The number of carbonyl (C=O) groups is 2. The molecule has 16 heavy (non-hydrogen) atoms. The Kier molecular flexibility index (Phi) is 3.34. The molecule has 0 saturated carbocycles. The molecule has 0 saturated heterocycles. The number of ketones is 1. The highest BCUT2D eigenvalue weighted by Crippen LogP contribution is 2.32. The van der Waals surface area contributed by atoms with Crippen LogP contribution in [0, 0.1) is 0 Å². The molecular weight excluding hydrogens is 216 g/mol. The number of hydrogen-bond donors (Lipinski definition) is 4. The van der Waals surface area contributed by atoms with Crippen molar-refractivity contribution in [3.63, 3.8) is 0 Å². The summed E-state index contributed by atoms with van der Waals surface area (Å²) in [5, 5.41) is 36.0. The van der Waals surface area contributed by atoms with Gasteiger partial charge in [0.05, 0.1) is 6.42 Å². The number of aliphatic carboxylic acids is 1. The van der Waals surface area contributed by atoms with Crippen molar-refractivity contribution in [1.82, 2.24) is 0 Å². The molecule has 4 N–H and O–H groups in total. The number of phenolic OH excluding ortho intramolecular Hbond substituents is 3. The van der Waals surface area contributed by atoms with Crippen LogP contribution in [0.4, 0.5) is 0 Å². The average molecular weight is 226 g/mol. The van der Waals surface area contributed by atoms with Gasteiger partial charge < -0.3 is 20.4 Å². The average Bonchev–Trinajstić information content (AvgIpc) is 2.12. The van der Waals surface area contributed by atoms with E-state index in [1.165, 1.54) is 0 Å². The van der Waals surface area contributed by atoms with Crippen LogP contribution >= 0.6 is 0 Å². The zero-order valence-electron chi connectivity index (χ0n) is 8.17.